The molecule has 0 bridgehead atoms. The molecule has 0 unspecified atom stereocenters. The van der Waals surface area contributed by atoms with Crippen LogP contribution in [0.4, 0.5) is 26.3 Å². The quantitative estimate of drug-likeness (QED) is 0.453. The van der Waals surface area contributed by atoms with E-state index in [-0.39, 0.29) is 5.56 Å². The van der Waals surface area contributed by atoms with Crippen LogP contribution < -0.4 is 10.3 Å². The van der Waals surface area contributed by atoms with Crippen LogP contribution in [0, 0.1) is 0 Å². The third-order valence-corrected chi connectivity index (χ3v) is 4.28. The monoisotopic (exact) mass is 463 g/mol. The largest absolute Gasteiger partial charge is 0.524 e. The van der Waals surface area contributed by atoms with Gasteiger partial charge in [-0.05, 0) is 5.56 Å². The van der Waals surface area contributed by atoms with Gasteiger partial charge in [-0.3, -0.25) is 14.6 Å². The van der Waals surface area contributed by atoms with Crippen molar-refractivity contribution >= 4 is 25.3 Å². The summed E-state index contributed by atoms with van der Waals surface area (Å²) in [5, 5.41) is -1.54. The first kappa shape index (κ1) is 23.0. The number of phosphoric acid groups is 1. The lowest BCUT2D eigenvalue weighted by molar-refractivity contribution is -0.162. The van der Waals surface area contributed by atoms with Gasteiger partial charge in [-0.25, -0.2) is 4.57 Å². The van der Waals surface area contributed by atoms with E-state index in [9.17, 15) is 35.7 Å². The number of hydrogen-bond acceptors (Lipinski definition) is 3. The number of alkyl halides is 6. The number of carbonyl (C=O) groups is 1. The van der Waals surface area contributed by atoms with E-state index in [1.165, 1.54) is 18.2 Å². The van der Waals surface area contributed by atoms with Crippen LogP contribution in [-0.4, -0.2) is 15.7 Å². The Morgan fingerprint density at radius 1 is 1.00 bits per heavy atom. The molecule has 2 aromatic rings. The van der Waals surface area contributed by atoms with E-state index in [0.29, 0.717) is 0 Å². The van der Waals surface area contributed by atoms with Crippen molar-refractivity contribution in [2.75, 3.05) is 0 Å². The van der Waals surface area contributed by atoms with Crippen LogP contribution >= 0.6 is 19.4 Å². The predicted molar refractivity (Wildman–Crippen MR) is 88.1 cm³/mol. The van der Waals surface area contributed by atoms with Crippen LogP contribution in [0.5, 0.6) is 5.75 Å². The Hall–Kier alpha value is -2.27. The molecule has 0 saturated carbocycles. The van der Waals surface area contributed by atoms with Crippen LogP contribution in [0.15, 0.2) is 30.3 Å². The molecule has 0 fully saturated rings. The van der Waals surface area contributed by atoms with Gasteiger partial charge in [-0.1, -0.05) is 41.9 Å². The molecule has 0 aliphatic carbocycles. The van der Waals surface area contributed by atoms with E-state index in [2.05, 4.69) is 4.52 Å². The number of hydrogen-bond donors (Lipinski definition) is 3. The number of halogens is 7. The molecule has 2 aromatic carbocycles. The molecule has 158 valence electrons. The summed E-state index contributed by atoms with van der Waals surface area (Å²) >= 11 is 5.65. The van der Waals surface area contributed by atoms with Crippen LogP contribution in [-0.2, 0) is 16.9 Å². The molecule has 0 saturated heterocycles. The fourth-order valence-electron chi connectivity index (χ4n) is 2.55. The Morgan fingerprint density at radius 3 is 1.86 bits per heavy atom. The van der Waals surface area contributed by atoms with Crippen molar-refractivity contribution in [1.82, 2.24) is 0 Å². The second-order valence-corrected chi connectivity index (χ2v) is 6.99. The highest BCUT2D eigenvalue weighted by Gasteiger charge is 2.51. The molecule has 29 heavy (non-hydrogen) atoms. The molecule has 0 aliphatic rings. The van der Waals surface area contributed by atoms with Gasteiger partial charge in [0.15, 0.2) is 5.75 Å². The Bertz CT molecular complexity index is 1000. The summed E-state index contributed by atoms with van der Waals surface area (Å²) in [6.07, 6.45) is -11.6. The number of primary amides is 1. The average Bonchev–Trinajstić information content (AvgIpc) is 2.52. The third kappa shape index (κ3) is 4.84. The molecule has 2 rings (SSSR count). The van der Waals surface area contributed by atoms with Gasteiger partial charge in [0, 0.05) is 5.56 Å². The summed E-state index contributed by atoms with van der Waals surface area (Å²) in [4.78, 5) is 29.8. The summed E-state index contributed by atoms with van der Waals surface area (Å²) in [5.74, 6) is -3.83. The molecular formula is C15H9ClF6NO5P. The molecular weight excluding hydrogens is 455 g/mol. The number of phosphoric ester groups is 1. The third-order valence-electron chi connectivity index (χ3n) is 3.48. The van der Waals surface area contributed by atoms with Crippen molar-refractivity contribution in [3.8, 4) is 16.9 Å². The van der Waals surface area contributed by atoms with Crippen molar-refractivity contribution in [2.24, 2.45) is 5.73 Å². The first-order valence-corrected chi connectivity index (χ1v) is 9.10. The van der Waals surface area contributed by atoms with E-state index < -0.39 is 59.1 Å². The van der Waals surface area contributed by atoms with E-state index in [1.54, 1.807) is 0 Å². The summed E-state index contributed by atoms with van der Waals surface area (Å²) in [6, 6.07) is 6.14. The van der Waals surface area contributed by atoms with Gasteiger partial charge in [0.05, 0.1) is 16.1 Å². The lowest BCUT2D eigenvalue weighted by Crippen LogP contribution is -2.24. The van der Waals surface area contributed by atoms with E-state index in [1.807, 2.05) is 0 Å². The van der Waals surface area contributed by atoms with Crippen molar-refractivity contribution in [3.05, 3.63) is 52.0 Å². The molecule has 1 amide bonds. The van der Waals surface area contributed by atoms with Gasteiger partial charge >= 0.3 is 20.2 Å². The molecule has 0 atom stereocenters. The van der Waals surface area contributed by atoms with E-state index in [0.717, 1.165) is 12.1 Å². The second kappa shape index (κ2) is 7.52. The van der Waals surface area contributed by atoms with Crippen LogP contribution in [0.25, 0.3) is 11.1 Å². The molecule has 4 N–H and O–H groups in total. The van der Waals surface area contributed by atoms with E-state index in [4.69, 9.17) is 27.1 Å². The minimum absolute atomic E-state index is 0.277. The summed E-state index contributed by atoms with van der Waals surface area (Å²) in [6.45, 7) is 0. The van der Waals surface area contributed by atoms with Crippen molar-refractivity contribution in [2.45, 2.75) is 12.4 Å². The lowest BCUT2D eigenvalue weighted by atomic mass is 9.91. The normalized spacial score (nSPS) is 12.7. The van der Waals surface area contributed by atoms with E-state index >= 15 is 0 Å². The minimum Gasteiger partial charge on any atom is -0.403 e. The molecule has 14 heteroatoms. The topological polar surface area (TPSA) is 110 Å². The SMILES string of the molecule is NC(=O)c1c(OP(=O)(O)O)c(C(F)(F)F)c(C(F)(F)F)c(Cl)c1-c1ccccc1. The fourth-order valence-corrected chi connectivity index (χ4v) is 3.38. The minimum atomic E-state index is -5.88. The molecule has 0 radical (unpaired) electrons. The van der Waals surface area contributed by atoms with Gasteiger partial charge in [0.2, 0.25) is 0 Å². The molecule has 0 aliphatic heterocycles. The molecule has 6 nitrogen and oxygen atoms in total. The summed E-state index contributed by atoms with van der Waals surface area (Å²) in [5.41, 5.74) is -2.72. The smallest absolute Gasteiger partial charge is 0.403 e. The maximum Gasteiger partial charge on any atom is 0.524 e. The average molecular weight is 464 g/mol. The molecule has 0 aromatic heterocycles. The highest BCUT2D eigenvalue weighted by Crippen LogP contribution is 2.55. The van der Waals surface area contributed by atoms with Crippen molar-refractivity contribution in [3.63, 3.8) is 0 Å². The fraction of sp³-hybridized carbons (Fsp3) is 0.133. The van der Waals surface area contributed by atoms with Crippen molar-refractivity contribution in [1.29, 1.82) is 0 Å². The zero-order valence-electron chi connectivity index (χ0n) is 13.7. The highest BCUT2D eigenvalue weighted by molar-refractivity contribution is 7.46. The Morgan fingerprint density at radius 2 is 1.48 bits per heavy atom. The zero-order valence-corrected chi connectivity index (χ0v) is 15.3. The Balaban J connectivity index is 3.22. The highest BCUT2D eigenvalue weighted by atomic mass is 35.5. The second-order valence-electron chi connectivity index (χ2n) is 5.45. The molecule has 0 spiro atoms. The number of nitrogens with two attached hydrogens (primary N) is 1. The van der Waals surface area contributed by atoms with Gasteiger partial charge in [-0.2, -0.15) is 26.3 Å². The number of rotatable bonds is 4. The summed E-state index contributed by atoms with van der Waals surface area (Å²) in [7, 11) is -5.87. The standard InChI is InChI=1S/C15H9ClF6NO5P/c16-11-7(6-4-2-1-3-5-6)8(13(23)24)12(28-29(25,26)27)10(15(20,21)22)9(11)14(17,18)19/h1-5H,(H2,23,24)(H2,25,26,27). The van der Waals surface area contributed by atoms with Crippen LogP contribution in [0.1, 0.15) is 21.5 Å². The first-order valence-electron chi connectivity index (χ1n) is 7.20. The summed E-state index contributed by atoms with van der Waals surface area (Å²) < 4.78 is 96.3. The number of amides is 1. The zero-order chi connectivity index (χ0) is 22.4. The first-order chi connectivity index (χ1) is 13.1. The maximum absolute atomic E-state index is 13.5. The van der Waals surface area contributed by atoms with Crippen LogP contribution in [0.2, 0.25) is 5.02 Å². The number of carbonyl (C=O) groups excluding carboxylic acids is 1. The van der Waals surface area contributed by atoms with Crippen LogP contribution in [0.3, 0.4) is 0 Å². The van der Waals surface area contributed by atoms with Gasteiger partial charge in [0.25, 0.3) is 5.91 Å². The molecule has 0 heterocycles. The number of benzene rings is 2. The van der Waals surface area contributed by atoms with Gasteiger partial charge in [-0.15, -0.1) is 0 Å². The Labute approximate surface area is 163 Å². The Kier molecular flexibility index (Phi) is 5.97. The maximum atomic E-state index is 13.5. The predicted octanol–water partition coefficient (Wildman–Crippen LogP) is 4.62. The van der Waals surface area contributed by atoms with Crippen molar-refractivity contribution < 1.29 is 50.0 Å². The van der Waals surface area contributed by atoms with Gasteiger partial charge in [0.1, 0.15) is 5.56 Å². The lowest BCUT2D eigenvalue weighted by Gasteiger charge is -2.25. The van der Waals surface area contributed by atoms with Gasteiger partial charge < -0.3 is 10.3 Å².